The number of phenols is 8. The van der Waals surface area contributed by atoms with Crippen molar-refractivity contribution in [3.05, 3.63) is 22.4 Å². The molecule has 1 atom stereocenters. The molecule has 1 unspecified atom stereocenters. The van der Waals surface area contributed by atoms with Crippen LogP contribution >= 0.6 is 11.3 Å². The van der Waals surface area contributed by atoms with Crippen LogP contribution in [0.4, 0.5) is 10.8 Å². The van der Waals surface area contributed by atoms with Crippen molar-refractivity contribution < 1.29 is 55.5 Å². The molecule has 3 rings (SSSR count). The van der Waals surface area contributed by atoms with Gasteiger partial charge in [-0.15, -0.1) is 0 Å². The molecule has 39 heavy (non-hydrogen) atoms. The largest absolute Gasteiger partial charge is 0.504 e. The molecule has 0 aliphatic rings. The summed E-state index contributed by atoms with van der Waals surface area (Å²) >= 11 is 0.750. The molecular weight excluding hydrogens is 540 g/mol. The number of nitrogens with one attached hydrogen (secondary N) is 2. The first-order chi connectivity index (χ1) is 18.3. The topological polar surface area (TPSA) is 271 Å². The number of rotatable bonds is 10. The maximum atomic E-state index is 12.3. The second-order valence-corrected chi connectivity index (χ2v) is 9.40. The summed E-state index contributed by atoms with van der Waals surface area (Å²) in [5.41, 5.74) is 4.58. The number of carbonyl (C=O) groups is 1. The number of ether oxygens (including phenoxy) is 1. The predicted molar refractivity (Wildman–Crippen MR) is 138 cm³/mol. The molecular formula is C23H28N4O11S. The Hall–Kier alpha value is -4.54. The smallest absolute Gasteiger partial charge is 0.230 e. The number of methoxy groups -OCH3 is 1. The van der Waals surface area contributed by atoms with Crippen LogP contribution in [0, 0.1) is 6.92 Å². The van der Waals surface area contributed by atoms with Crippen molar-refractivity contribution in [3.63, 3.8) is 0 Å². The number of aromatic hydroxyl groups is 9. The minimum Gasteiger partial charge on any atom is -0.504 e. The molecule has 13 N–H and O–H groups in total. The average molecular weight is 569 g/mol. The highest BCUT2D eigenvalue weighted by atomic mass is 32.1. The van der Waals surface area contributed by atoms with E-state index in [1.165, 1.54) is 14.0 Å². The van der Waals surface area contributed by atoms with Crippen molar-refractivity contribution in [2.45, 2.75) is 25.9 Å². The van der Waals surface area contributed by atoms with Gasteiger partial charge in [-0.1, -0.05) is 11.3 Å². The second-order valence-electron chi connectivity index (χ2n) is 8.39. The van der Waals surface area contributed by atoms with Gasteiger partial charge in [0.2, 0.25) is 17.4 Å². The van der Waals surface area contributed by atoms with Crippen LogP contribution in [0.1, 0.15) is 28.5 Å². The Morgan fingerprint density at radius 2 is 1.51 bits per heavy atom. The summed E-state index contributed by atoms with van der Waals surface area (Å²) in [5.74, 6) is -7.42. The van der Waals surface area contributed by atoms with Crippen molar-refractivity contribution in [1.29, 1.82) is 0 Å². The zero-order chi connectivity index (χ0) is 29.2. The number of anilines is 2. The van der Waals surface area contributed by atoms with Crippen molar-refractivity contribution in [2.24, 2.45) is 0 Å². The van der Waals surface area contributed by atoms with E-state index in [0.29, 0.717) is 0 Å². The van der Waals surface area contributed by atoms with Gasteiger partial charge in [0.05, 0.1) is 12.5 Å². The van der Waals surface area contributed by atoms with Gasteiger partial charge in [0.15, 0.2) is 44.7 Å². The number of nitrogen functional groups attached to an aromatic ring is 1. The number of carbonyl (C=O) groups excluding carboxylic acids is 1. The zero-order valence-corrected chi connectivity index (χ0v) is 21.5. The van der Waals surface area contributed by atoms with Crippen LogP contribution in [0.2, 0.25) is 0 Å². The highest BCUT2D eigenvalue weighted by Crippen LogP contribution is 2.51. The number of hydrogen-bond acceptors (Lipinski definition) is 15. The van der Waals surface area contributed by atoms with Crippen molar-refractivity contribution in [1.82, 2.24) is 10.3 Å². The molecule has 0 radical (unpaired) electrons. The lowest BCUT2D eigenvalue weighted by atomic mass is 9.99. The number of aromatic nitrogens is 1. The molecule has 0 aliphatic carbocycles. The fourth-order valence-electron chi connectivity index (χ4n) is 3.89. The number of nitrogens with two attached hydrogens (primary N) is 1. The SMILES string of the molecule is COC(CNCCc1c(O)c(O)c(NC(=O)Cc2nc(N)sc2O)c(O)c1O)c1c(C)c(O)c(O)c(O)c1O. The van der Waals surface area contributed by atoms with Crippen LogP contribution in [0.5, 0.6) is 51.1 Å². The van der Waals surface area contributed by atoms with Crippen LogP contribution < -0.4 is 16.4 Å². The Bertz CT molecular complexity index is 1350. The first kappa shape index (κ1) is 29.0. The van der Waals surface area contributed by atoms with Gasteiger partial charge in [0, 0.05) is 30.3 Å². The lowest BCUT2D eigenvalue weighted by Gasteiger charge is -2.22. The second kappa shape index (κ2) is 11.5. The lowest BCUT2D eigenvalue weighted by molar-refractivity contribution is -0.115. The molecule has 1 aromatic heterocycles. The third kappa shape index (κ3) is 5.66. The standard InChI is InChI=1S/C23H28N4O11S/c1-7-12(17(32)21(36)20(35)14(7)29)10(38-2)6-25-4-3-8-15(30)18(33)13(19(34)16(8)31)27-11(28)5-9-22(37)39-23(24)26-9/h10,25,29-37H,3-6H2,1-2H3,(H2,24,26)(H,27,28). The Morgan fingerprint density at radius 1 is 0.923 bits per heavy atom. The van der Waals surface area contributed by atoms with Crippen LogP contribution in [0.25, 0.3) is 0 Å². The normalized spacial score (nSPS) is 11.9. The maximum Gasteiger partial charge on any atom is 0.230 e. The molecule has 16 heteroatoms. The van der Waals surface area contributed by atoms with Gasteiger partial charge < -0.3 is 67.1 Å². The van der Waals surface area contributed by atoms with Gasteiger partial charge in [0.1, 0.15) is 11.4 Å². The van der Waals surface area contributed by atoms with E-state index in [9.17, 15) is 50.8 Å². The quantitative estimate of drug-likeness (QED) is 0.0927. The van der Waals surface area contributed by atoms with Crippen LogP contribution in [0.3, 0.4) is 0 Å². The molecule has 0 spiro atoms. The third-order valence-electron chi connectivity index (χ3n) is 5.95. The molecule has 0 saturated carbocycles. The first-order valence-electron chi connectivity index (χ1n) is 11.2. The van der Waals surface area contributed by atoms with Gasteiger partial charge in [-0.2, -0.15) is 0 Å². The fourth-order valence-corrected chi connectivity index (χ4v) is 4.48. The summed E-state index contributed by atoms with van der Waals surface area (Å²) in [4.78, 5) is 16.1. The fraction of sp³-hybridized carbons (Fsp3) is 0.304. The third-order valence-corrected chi connectivity index (χ3v) is 6.68. The molecule has 15 nitrogen and oxygen atoms in total. The Kier molecular flexibility index (Phi) is 8.53. The van der Waals surface area contributed by atoms with E-state index in [0.717, 1.165) is 11.3 Å². The van der Waals surface area contributed by atoms with Crippen molar-refractivity contribution in [2.75, 3.05) is 31.2 Å². The Morgan fingerprint density at radius 3 is 2.05 bits per heavy atom. The summed E-state index contributed by atoms with van der Waals surface area (Å²) in [5, 5.41) is 95.9. The summed E-state index contributed by atoms with van der Waals surface area (Å²) in [6, 6.07) is 0. The van der Waals surface area contributed by atoms with Gasteiger partial charge in [-0.25, -0.2) is 4.98 Å². The van der Waals surface area contributed by atoms with Crippen LogP contribution in [-0.4, -0.2) is 77.0 Å². The van der Waals surface area contributed by atoms with E-state index >= 15 is 0 Å². The van der Waals surface area contributed by atoms with E-state index < -0.39 is 70.1 Å². The van der Waals surface area contributed by atoms with Crippen LogP contribution in [-0.2, 0) is 22.4 Å². The lowest BCUT2D eigenvalue weighted by Crippen LogP contribution is -2.25. The van der Waals surface area contributed by atoms with Gasteiger partial charge in [-0.3, -0.25) is 4.79 Å². The van der Waals surface area contributed by atoms with E-state index in [2.05, 4.69) is 15.6 Å². The number of amides is 1. The minimum atomic E-state index is -0.921. The monoisotopic (exact) mass is 568 g/mol. The van der Waals surface area contributed by atoms with Crippen LogP contribution in [0.15, 0.2) is 0 Å². The number of nitrogens with zero attached hydrogens (tertiary/aromatic N) is 1. The van der Waals surface area contributed by atoms with E-state index in [1.807, 2.05) is 0 Å². The van der Waals surface area contributed by atoms with Gasteiger partial charge in [-0.05, 0) is 19.9 Å². The molecule has 1 heterocycles. The van der Waals surface area contributed by atoms with Crippen molar-refractivity contribution in [3.8, 4) is 51.1 Å². The van der Waals surface area contributed by atoms with Gasteiger partial charge in [0.25, 0.3) is 0 Å². The summed E-state index contributed by atoms with van der Waals surface area (Å²) in [7, 11) is 1.30. The van der Waals surface area contributed by atoms with E-state index in [-0.39, 0.29) is 52.1 Å². The summed E-state index contributed by atoms with van der Waals surface area (Å²) in [6.07, 6.45) is -1.54. The average Bonchev–Trinajstić information content (AvgIpc) is 3.21. The predicted octanol–water partition coefficient (Wildman–Crippen LogP) is 1.09. The number of hydrogen-bond donors (Lipinski definition) is 12. The Labute approximate surface area is 224 Å². The molecule has 1 amide bonds. The van der Waals surface area contributed by atoms with E-state index in [4.69, 9.17) is 10.5 Å². The zero-order valence-electron chi connectivity index (χ0n) is 20.7. The van der Waals surface area contributed by atoms with E-state index in [1.54, 1.807) is 0 Å². The highest BCUT2D eigenvalue weighted by molar-refractivity contribution is 7.17. The number of benzene rings is 2. The first-order valence-corrected chi connectivity index (χ1v) is 12.0. The summed E-state index contributed by atoms with van der Waals surface area (Å²) < 4.78 is 5.32. The summed E-state index contributed by atoms with van der Waals surface area (Å²) in [6.45, 7) is 1.40. The maximum absolute atomic E-state index is 12.3. The molecule has 3 aromatic rings. The molecule has 2 aromatic carbocycles. The minimum absolute atomic E-state index is 0.00698. The molecule has 0 fully saturated rings. The number of phenolic OH excluding ortho intramolecular Hbond substituents is 8. The Balaban J connectivity index is 1.71. The van der Waals surface area contributed by atoms with Gasteiger partial charge >= 0.3 is 0 Å². The molecule has 0 aliphatic heterocycles. The molecule has 0 saturated heterocycles. The van der Waals surface area contributed by atoms with Crippen molar-refractivity contribution >= 4 is 28.1 Å². The highest BCUT2D eigenvalue weighted by Gasteiger charge is 2.28. The number of thiazole rings is 1. The molecule has 212 valence electrons. The molecule has 0 bridgehead atoms.